The Kier molecular flexibility index (Phi) is 8.86. The van der Waals surface area contributed by atoms with Gasteiger partial charge in [-0.15, -0.1) is 0 Å². The molecule has 0 unspecified atom stereocenters. The molecule has 2 heterocycles. The first kappa shape index (κ1) is 27.4. The van der Waals surface area contributed by atoms with Crippen molar-refractivity contribution in [2.24, 2.45) is 5.92 Å². The van der Waals surface area contributed by atoms with E-state index in [0.29, 0.717) is 29.6 Å². The predicted octanol–water partition coefficient (Wildman–Crippen LogP) is 5.74. The molecule has 4 rings (SSSR count). The normalized spacial score (nSPS) is 13.7. The number of anilines is 2. The zero-order valence-electron chi connectivity index (χ0n) is 21.7. The minimum absolute atomic E-state index is 0.00680. The highest BCUT2D eigenvalue weighted by atomic mass is 35.5. The molecule has 1 aliphatic heterocycles. The average Bonchev–Trinajstić information content (AvgIpc) is 3.38. The maximum Gasteiger partial charge on any atom is 0.250 e. The number of halogens is 1. The number of para-hydroxylation sites is 2. The molecule has 2 aromatic carbocycles. The lowest BCUT2D eigenvalue weighted by molar-refractivity contribution is -0.134. The van der Waals surface area contributed by atoms with Gasteiger partial charge < -0.3 is 19.5 Å². The van der Waals surface area contributed by atoms with E-state index >= 15 is 0 Å². The Balaban J connectivity index is 1.33. The minimum atomic E-state index is -0.378. The van der Waals surface area contributed by atoms with Crippen molar-refractivity contribution in [2.75, 3.05) is 36.4 Å². The second kappa shape index (κ2) is 12.3. The number of aryl methyl sites for hydroxylation is 1. The number of nitrogens with zero attached hydrogens (tertiary/aromatic N) is 2. The van der Waals surface area contributed by atoms with Crippen molar-refractivity contribution in [3.63, 3.8) is 0 Å². The fourth-order valence-electron chi connectivity index (χ4n) is 4.20. The van der Waals surface area contributed by atoms with Crippen molar-refractivity contribution in [1.82, 2.24) is 10.2 Å². The molecule has 0 radical (unpaired) electrons. The summed E-state index contributed by atoms with van der Waals surface area (Å²) >= 11 is 11.6. The molecular formula is C29H31ClN4O3S. The highest BCUT2D eigenvalue weighted by Crippen LogP contribution is 2.28. The second-order valence-corrected chi connectivity index (χ2v) is 10.2. The van der Waals surface area contributed by atoms with E-state index < -0.39 is 0 Å². The Bertz CT molecular complexity index is 1360. The van der Waals surface area contributed by atoms with Gasteiger partial charge in [-0.25, -0.2) is 0 Å². The van der Waals surface area contributed by atoms with Crippen LogP contribution in [0.25, 0.3) is 17.4 Å². The largest absolute Gasteiger partial charge is 0.457 e. The van der Waals surface area contributed by atoms with Crippen molar-refractivity contribution in [1.29, 1.82) is 0 Å². The van der Waals surface area contributed by atoms with Crippen LogP contribution in [0.3, 0.4) is 0 Å². The number of carbonyl (C=O) groups excluding carboxylic acids is 2. The first-order valence-corrected chi connectivity index (χ1v) is 13.3. The summed E-state index contributed by atoms with van der Waals surface area (Å²) in [6.07, 6.45) is 2.96. The Hall–Kier alpha value is -3.62. The number of furan rings is 1. The number of hydrogen-bond acceptors (Lipinski definition) is 5. The first-order valence-electron chi connectivity index (χ1n) is 12.5. The summed E-state index contributed by atoms with van der Waals surface area (Å²) in [6.45, 7) is 8.57. The molecule has 0 atom stereocenters. The maximum absolute atomic E-state index is 12.5. The fraction of sp³-hybridized carbons (Fsp3) is 0.276. The molecule has 2 amide bonds. The second-order valence-electron chi connectivity index (χ2n) is 9.43. The summed E-state index contributed by atoms with van der Waals surface area (Å²) in [7, 11) is 0. The van der Waals surface area contributed by atoms with E-state index in [2.05, 4.69) is 15.5 Å². The fourth-order valence-corrected chi connectivity index (χ4v) is 4.59. The number of benzene rings is 2. The van der Waals surface area contributed by atoms with Crippen molar-refractivity contribution < 1.29 is 14.0 Å². The van der Waals surface area contributed by atoms with Crippen molar-refractivity contribution in [3.8, 4) is 11.3 Å². The quantitative estimate of drug-likeness (QED) is 0.301. The zero-order chi connectivity index (χ0) is 27.2. The van der Waals surface area contributed by atoms with Gasteiger partial charge in [-0.05, 0) is 61.1 Å². The van der Waals surface area contributed by atoms with Crippen LogP contribution in [0.1, 0.15) is 25.2 Å². The van der Waals surface area contributed by atoms with Gasteiger partial charge in [0.15, 0.2) is 5.11 Å². The highest BCUT2D eigenvalue weighted by Gasteiger charge is 2.24. The zero-order valence-corrected chi connectivity index (χ0v) is 23.2. The number of rotatable bonds is 6. The summed E-state index contributed by atoms with van der Waals surface area (Å²) in [4.78, 5) is 28.9. The van der Waals surface area contributed by atoms with Gasteiger partial charge in [-0.1, -0.05) is 49.7 Å². The summed E-state index contributed by atoms with van der Waals surface area (Å²) < 4.78 is 5.83. The average molecular weight is 551 g/mol. The molecule has 9 heteroatoms. The molecule has 2 N–H and O–H groups in total. The standard InChI is InChI=1S/C29H31ClN4O3S/c1-19(2)28(36)34-16-14-33(15-17-34)25-7-5-4-6-24(25)31-29(38)32-27(35)13-11-22-10-12-26(37-22)21-9-8-20(3)23(30)18-21/h4-13,18-19H,14-17H2,1-3H3,(H2,31,32,35,38)/b13-11+. The van der Waals surface area contributed by atoms with Gasteiger partial charge >= 0.3 is 0 Å². The molecule has 198 valence electrons. The Morgan fingerprint density at radius 2 is 1.79 bits per heavy atom. The Labute approximate surface area is 233 Å². The molecule has 0 spiro atoms. The van der Waals surface area contributed by atoms with Crippen molar-refractivity contribution in [3.05, 3.63) is 77.0 Å². The van der Waals surface area contributed by atoms with Gasteiger partial charge in [-0.2, -0.15) is 0 Å². The van der Waals surface area contributed by atoms with E-state index in [1.54, 1.807) is 12.1 Å². The Morgan fingerprint density at radius 1 is 1.05 bits per heavy atom. The molecule has 1 aliphatic rings. The molecule has 1 fully saturated rings. The van der Waals surface area contributed by atoms with E-state index in [-0.39, 0.29) is 22.8 Å². The summed E-state index contributed by atoms with van der Waals surface area (Å²) in [5.74, 6) is 0.990. The van der Waals surface area contributed by atoms with Crippen LogP contribution in [-0.4, -0.2) is 48.0 Å². The third-order valence-electron chi connectivity index (χ3n) is 6.30. The molecule has 0 aliphatic carbocycles. The molecule has 1 aromatic heterocycles. The lowest BCUT2D eigenvalue weighted by Crippen LogP contribution is -2.50. The number of piperazine rings is 1. The topological polar surface area (TPSA) is 77.8 Å². The van der Waals surface area contributed by atoms with Crippen molar-refractivity contribution in [2.45, 2.75) is 20.8 Å². The van der Waals surface area contributed by atoms with E-state index in [0.717, 1.165) is 35.6 Å². The highest BCUT2D eigenvalue weighted by molar-refractivity contribution is 7.80. The van der Waals surface area contributed by atoms with Gasteiger partial charge in [0.2, 0.25) is 11.8 Å². The molecular weight excluding hydrogens is 520 g/mol. The number of amides is 2. The van der Waals surface area contributed by atoms with Crippen LogP contribution in [0, 0.1) is 12.8 Å². The van der Waals surface area contributed by atoms with Crippen LogP contribution in [0.15, 0.2) is 65.1 Å². The Morgan fingerprint density at radius 3 is 2.50 bits per heavy atom. The third-order valence-corrected chi connectivity index (χ3v) is 6.91. The number of thiocarbonyl (C=S) groups is 1. The smallest absolute Gasteiger partial charge is 0.250 e. The van der Waals surface area contributed by atoms with Crippen LogP contribution in [0.5, 0.6) is 0 Å². The van der Waals surface area contributed by atoms with Gasteiger partial charge in [0.05, 0.1) is 11.4 Å². The van der Waals surface area contributed by atoms with Gasteiger partial charge in [0.1, 0.15) is 11.5 Å². The molecule has 7 nitrogen and oxygen atoms in total. The SMILES string of the molecule is Cc1ccc(-c2ccc(/C=C/C(=O)NC(=S)Nc3ccccc3N3CCN(C(=O)C(C)C)CC3)o2)cc1Cl. The first-order chi connectivity index (χ1) is 18.2. The number of carbonyl (C=O) groups is 2. The lowest BCUT2D eigenvalue weighted by Gasteiger charge is -2.37. The van der Waals surface area contributed by atoms with E-state index in [4.69, 9.17) is 28.2 Å². The minimum Gasteiger partial charge on any atom is -0.457 e. The van der Waals surface area contributed by atoms with Crippen LogP contribution >= 0.6 is 23.8 Å². The molecule has 0 bridgehead atoms. The summed E-state index contributed by atoms with van der Waals surface area (Å²) in [5, 5.41) is 6.67. The summed E-state index contributed by atoms with van der Waals surface area (Å²) in [5.41, 5.74) is 3.61. The molecule has 38 heavy (non-hydrogen) atoms. The van der Waals surface area contributed by atoms with Crippen LogP contribution in [0.2, 0.25) is 5.02 Å². The molecule has 3 aromatic rings. The van der Waals surface area contributed by atoms with E-state index in [9.17, 15) is 9.59 Å². The third kappa shape index (κ3) is 6.82. The monoisotopic (exact) mass is 550 g/mol. The van der Waals surface area contributed by atoms with Crippen LogP contribution in [-0.2, 0) is 9.59 Å². The van der Waals surface area contributed by atoms with E-state index in [1.807, 2.05) is 74.2 Å². The predicted molar refractivity (Wildman–Crippen MR) is 157 cm³/mol. The molecule has 0 saturated carbocycles. The lowest BCUT2D eigenvalue weighted by atomic mass is 10.1. The van der Waals surface area contributed by atoms with Gasteiger partial charge in [-0.3, -0.25) is 14.9 Å². The van der Waals surface area contributed by atoms with Crippen LogP contribution in [0.4, 0.5) is 11.4 Å². The van der Waals surface area contributed by atoms with Gasteiger partial charge in [0.25, 0.3) is 0 Å². The molecule has 1 saturated heterocycles. The van der Waals surface area contributed by atoms with E-state index in [1.165, 1.54) is 6.08 Å². The maximum atomic E-state index is 12.5. The summed E-state index contributed by atoms with van der Waals surface area (Å²) in [6, 6.07) is 17.1. The number of hydrogen-bond donors (Lipinski definition) is 2. The number of nitrogens with one attached hydrogen (secondary N) is 2. The van der Waals surface area contributed by atoms with Crippen molar-refractivity contribution >= 4 is 58.2 Å². The van der Waals surface area contributed by atoms with Crippen LogP contribution < -0.4 is 15.5 Å². The van der Waals surface area contributed by atoms with Gasteiger partial charge in [0, 0.05) is 48.8 Å².